The van der Waals surface area contributed by atoms with Crippen LogP contribution in [0.15, 0.2) is 30.3 Å². The summed E-state index contributed by atoms with van der Waals surface area (Å²) in [4.78, 5) is 13.6. The molecule has 3 heteroatoms. The van der Waals surface area contributed by atoms with Crippen LogP contribution < -0.4 is 0 Å². The zero-order valence-corrected chi connectivity index (χ0v) is 10.4. The number of hydrogen-bond acceptors (Lipinski definition) is 2. The first-order valence-corrected chi connectivity index (χ1v) is 6.04. The van der Waals surface area contributed by atoms with Crippen molar-refractivity contribution in [1.82, 2.24) is 4.90 Å². The molecule has 0 aromatic heterocycles. The van der Waals surface area contributed by atoms with Gasteiger partial charge in [0.2, 0.25) is 0 Å². The Labute approximate surface area is 102 Å². The molecule has 1 unspecified atom stereocenters. The molecule has 2 rings (SSSR count). The largest absolute Gasteiger partial charge is 0.480 e. The van der Waals surface area contributed by atoms with Gasteiger partial charge in [0.1, 0.15) is 5.54 Å². The summed E-state index contributed by atoms with van der Waals surface area (Å²) >= 11 is 0. The van der Waals surface area contributed by atoms with Crippen LogP contribution in [0.25, 0.3) is 0 Å². The molecular formula is C14H19NO2. The summed E-state index contributed by atoms with van der Waals surface area (Å²) in [7, 11) is 1.93. The molecule has 1 atom stereocenters. The molecule has 1 aliphatic carbocycles. The third-order valence-corrected chi connectivity index (χ3v) is 3.72. The molecule has 1 aromatic carbocycles. The summed E-state index contributed by atoms with van der Waals surface area (Å²) in [6.07, 6.45) is 2.79. The highest BCUT2D eigenvalue weighted by Gasteiger charge is 2.44. The molecule has 1 aliphatic rings. The lowest BCUT2D eigenvalue weighted by atomic mass is 9.91. The van der Waals surface area contributed by atoms with Crippen LogP contribution in [0.3, 0.4) is 0 Å². The van der Waals surface area contributed by atoms with Gasteiger partial charge in [-0.2, -0.15) is 0 Å². The number of hydrogen-bond donors (Lipinski definition) is 1. The second kappa shape index (κ2) is 4.49. The molecule has 0 amide bonds. The topological polar surface area (TPSA) is 40.5 Å². The Hall–Kier alpha value is -1.35. The Morgan fingerprint density at radius 2 is 2.00 bits per heavy atom. The van der Waals surface area contributed by atoms with Crippen LogP contribution in [0.4, 0.5) is 0 Å². The Morgan fingerprint density at radius 1 is 1.41 bits per heavy atom. The third kappa shape index (κ3) is 2.50. The first-order chi connectivity index (χ1) is 8.04. The maximum atomic E-state index is 11.6. The average Bonchev–Trinajstić information content (AvgIpc) is 3.12. The summed E-state index contributed by atoms with van der Waals surface area (Å²) < 4.78 is 0. The van der Waals surface area contributed by atoms with E-state index in [0.29, 0.717) is 12.5 Å². The molecule has 1 fully saturated rings. The molecule has 3 nitrogen and oxygen atoms in total. The highest BCUT2D eigenvalue weighted by molar-refractivity contribution is 5.78. The third-order valence-electron chi connectivity index (χ3n) is 3.72. The minimum absolute atomic E-state index is 0.444. The summed E-state index contributed by atoms with van der Waals surface area (Å²) in [6, 6.07) is 10.3. The minimum Gasteiger partial charge on any atom is -0.480 e. The molecule has 0 bridgehead atoms. The van der Waals surface area contributed by atoms with E-state index in [1.807, 2.05) is 49.2 Å². The number of aliphatic carboxylic acids is 1. The van der Waals surface area contributed by atoms with E-state index in [1.165, 1.54) is 0 Å². The fourth-order valence-electron chi connectivity index (χ4n) is 2.21. The van der Waals surface area contributed by atoms with Crippen LogP contribution in [0, 0.1) is 0 Å². The van der Waals surface area contributed by atoms with Crippen molar-refractivity contribution in [2.24, 2.45) is 0 Å². The van der Waals surface area contributed by atoms with Gasteiger partial charge in [0.25, 0.3) is 0 Å². The number of carboxylic acids is 1. The maximum Gasteiger partial charge on any atom is 0.324 e. The molecule has 0 spiro atoms. The molecule has 0 saturated heterocycles. The van der Waals surface area contributed by atoms with Gasteiger partial charge in [-0.3, -0.25) is 9.69 Å². The summed E-state index contributed by atoms with van der Waals surface area (Å²) in [6.45, 7) is 1.82. The van der Waals surface area contributed by atoms with Gasteiger partial charge in [0, 0.05) is 12.5 Å². The Bertz CT molecular complexity index is 400. The number of nitrogens with zero attached hydrogens (tertiary/aromatic N) is 1. The van der Waals surface area contributed by atoms with E-state index in [-0.39, 0.29) is 0 Å². The zero-order valence-electron chi connectivity index (χ0n) is 10.4. The van der Waals surface area contributed by atoms with Crippen LogP contribution in [0.5, 0.6) is 0 Å². The van der Waals surface area contributed by atoms with Gasteiger partial charge >= 0.3 is 5.97 Å². The van der Waals surface area contributed by atoms with Gasteiger partial charge in [-0.15, -0.1) is 0 Å². The normalized spacial score (nSPS) is 19.0. The van der Waals surface area contributed by atoms with Crippen molar-refractivity contribution in [1.29, 1.82) is 0 Å². The number of carbonyl (C=O) groups is 1. The SMILES string of the molecule is CN(C1CC1)C(C)(Cc1ccccc1)C(=O)O. The smallest absolute Gasteiger partial charge is 0.324 e. The standard InChI is InChI=1S/C14H19NO2/c1-14(13(16)17,15(2)12-8-9-12)10-11-6-4-3-5-7-11/h3-7,12H,8-10H2,1-2H3,(H,16,17). The van der Waals surface area contributed by atoms with Gasteiger partial charge in [-0.05, 0) is 32.4 Å². The molecule has 0 radical (unpaired) electrons. The van der Waals surface area contributed by atoms with Crippen LogP contribution >= 0.6 is 0 Å². The van der Waals surface area contributed by atoms with E-state index < -0.39 is 11.5 Å². The molecule has 1 aromatic rings. The van der Waals surface area contributed by atoms with Gasteiger partial charge < -0.3 is 5.11 Å². The van der Waals surface area contributed by atoms with E-state index in [1.54, 1.807) is 0 Å². The van der Waals surface area contributed by atoms with E-state index in [4.69, 9.17) is 0 Å². The zero-order chi connectivity index (χ0) is 12.5. The number of benzene rings is 1. The van der Waals surface area contributed by atoms with Crippen molar-refractivity contribution < 1.29 is 9.90 Å². The lowest BCUT2D eigenvalue weighted by molar-refractivity contribution is -0.150. The Balaban J connectivity index is 2.19. The van der Waals surface area contributed by atoms with Crippen LogP contribution in [0.2, 0.25) is 0 Å². The lowest BCUT2D eigenvalue weighted by Gasteiger charge is -2.35. The first kappa shape index (κ1) is 12.1. The second-order valence-corrected chi connectivity index (χ2v) is 5.08. The second-order valence-electron chi connectivity index (χ2n) is 5.08. The van der Waals surface area contributed by atoms with Crippen molar-refractivity contribution in [3.8, 4) is 0 Å². The number of likely N-dealkylation sites (N-methyl/N-ethyl adjacent to an activating group) is 1. The van der Waals surface area contributed by atoms with Gasteiger partial charge in [-0.1, -0.05) is 30.3 Å². The van der Waals surface area contributed by atoms with Crippen LogP contribution in [-0.4, -0.2) is 34.6 Å². The summed E-state index contributed by atoms with van der Waals surface area (Å²) in [5, 5.41) is 9.50. The molecule has 1 saturated carbocycles. The first-order valence-electron chi connectivity index (χ1n) is 6.04. The van der Waals surface area contributed by atoms with Crippen molar-refractivity contribution in [2.75, 3.05) is 7.05 Å². The number of carboxylic acid groups (broad SMARTS) is 1. The van der Waals surface area contributed by atoms with Crippen molar-refractivity contribution in [3.05, 3.63) is 35.9 Å². The van der Waals surface area contributed by atoms with Gasteiger partial charge in [0.15, 0.2) is 0 Å². The average molecular weight is 233 g/mol. The fourth-order valence-corrected chi connectivity index (χ4v) is 2.21. The highest BCUT2D eigenvalue weighted by atomic mass is 16.4. The predicted molar refractivity (Wildman–Crippen MR) is 67.0 cm³/mol. The molecule has 92 valence electrons. The van der Waals surface area contributed by atoms with E-state index >= 15 is 0 Å². The van der Waals surface area contributed by atoms with Crippen molar-refractivity contribution in [2.45, 2.75) is 37.8 Å². The van der Waals surface area contributed by atoms with E-state index in [9.17, 15) is 9.90 Å². The minimum atomic E-state index is -0.803. The molecule has 1 N–H and O–H groups in total. The van der Waals surface area contributed by atoms with Crippen molar-refractivity contribution >= 4 is 5.97 Å². The predicted octanol–water partition coefficient (Wildman–Crippen LogP) is 2.17. The summed E-state index contributed by atoms with van der Waals surface area (Å²) in [5.41, 5.74) is 0.271. The van der Waals surface area contributed by atoms with Gasteiger partial charge in [-0.25, -0.2) is 0 Å². The lowest BCUT2D eigenvalue weighted by Crippen LogP contribution is -2.53. The van der Waals surface area contributed by atoms with E-state index in [2.05, 4.69) is 0 Å². The quantitative estimate of drug-likeness (QED) is 0.847. The summed E-state index contributed by atoms with van der Waals surface area (Å²) in [5.74, 6) is -0.740. The van der Waals surface area contributed by atoms with Crippen molar-refractivity contribution in [3.63, 3.8) is 0 Å². The fraction of sp³-hybridized carbons (Fsp3) is 0.500. The molecule has 0 aliphatic heterocycles. The molecular weight excluding hydrogens is 214 g/mol. The monoisotopic (exact) mass is 233 g/mol. The molecule has 17 heavy (non-hydrogen) atoms. The van der Waals surface area contributed by atoms with E-state index in [0.717, 1.165) is 18.4 Å². The van der Waals surface area contributed by atoms with Crippen LogP contribution in [-0.2, 0) is 11.2 Å². The van der Waals surface area contributed by atoms with Crippen LogP contribution in [0.1, 0.15) is 25.3 Å². The highest BCUT2D eigenvalue weighted by Crippen LogP contribution is 2.33. The maximum absolute atomic E-state index is 11.6. The Kier molecular flexibility index (Phi) is 3.20. The number of rotatable bonds is 5. The molecule has 0 heterocycles. The Morgan fingerprint density at radius 3 is 2.47 bits per heavy atom. The van der Waals surface area contributed by atoms with Gasteiger partial charge in [0.05, 0.1) is 0 Å².